The fourth-order valence-electron chi connectivity index (χ4n) is 1.62. The fraction of sp³-hybridized carbons (Fsp3) is 0.200. The number of amides is 1. The van der Waals surface area contributed by atoms with Gasteiger partial charge in [0.15, 0.2) is 0 Å². The van der Waals surface area contributed by atoms with E-state index in [2.05, 4.69) is 17.2 Å². The molecule has 20 heavy (non-hydrogen) atoms. The second kappa shape index (κ2) is 7.55. The zero-order valence-corrected chi connectivity index (χ0v) is 12.0. The van der Waals surface area contributed by atoms with Crippen molar-refractivity contribution in [3.05, 3.63) is 54.4 Å². The number of hydrogen-bond donors (Lipinski definition) is 1. The third-order valence-corrected chi connectivity index (χ3v) is 3.46. The van der Waals surface area contributed by atoms with Crippen LogP contribution >= 0.6 is 11.8 Å². The standard InChI is InChI=1S/C15H16N2O2S/c1-2-20-14-10-16-9-8-13(14)17-15(18)19-11-12-6-4-3-5-7-12/h3-10H,2,11H2,1H3,(H,16,17,18). The Morgan fingerprint density at radius 2 is 2.10 bits per heavy atom. The largest absolute Gasteiger partial charge is 0.444 e. The van der Waals surface area contributed by atoms with E-state index in [0.29, 0.717) is 0 Å². The van der Waals surface area contributed by atoms with Gasteiger partial charge in [0, 0.05) is 17.3 Å². The molecular formula is C15H16N2O2S. The van der Waals surface area contributed by atoms with Gasteiger partial charge in [-0.25, -0.2) is 4.79 Å². The summed E-state index contributed by atoms with van der Waals surface area (Å²) in [5.74, 6) is 0.916. The monoisotopic (exact) mass is 288 g/mol. The first-order chi connectivity index (χ1) is 9.79. The van der Waals surface area contributed by atoms with Crippen molar-refractivity contribution in [3.63, 3.8) is 0 Å². The van der Waals surface area contributed by atoms with Crippen LogP contribution in [-0.4, -0.2) is 16.8 Å². The summed E-state index contributed by atoms with van der Waals surface area (Å²) >= 11 is 1.63. The molecule has 104 valence electrons. The summed E-state index contributed by atoms with van der Waals surface area (Å²) in [6, 6.07) is 11.3. The summed E-state index contributed by atoms with van der Waals surface area (Å²) in [6.45, 7) is 2.31. The first-order valence-corrected chi connectivity index (χ1v) is 7.32. The number of anilines is 1. The highest BCUT2D eigenvalue weighted by Gasteiger charge is 2.08. The van der Waals surface area contributed by atoms with Crippen LogP contribution in [0.1, 0.15) is 12.5 Å². The van der Waals surface area contributed by atoms with Gasteiger partial charge in [-0.3, -0.25) is 10.3 Å². The van der Waals surface area contributed by atoms with Crippen molar-refractivity contribution >= 4 is 23.5 Å². The smallest absolute Gasteiger partial charge is 0.411 e. The van der Waals surface area contributed by atoms with Crippen LogP contribution in [0.4, 0.5) is 10.5 Å². The fourth-order valence-corrected chi connectivity index (χ4v) is 2.34. The molecule has 1 heterocycles. The molecule has 0 radical (unpaired) electrons. The minimum absolute atomic E-state index is 0.258. The third-order valence-electron chi connectivity index (χ3n) is 2.53. The van der Waals surface area contributed by atoms with Crippen molar-refractivity contribution in [2.24, 2.45) is 0 Å². The Morgan fingerprint density at radius 1 is 1.30 bits per heavy atom. The molecule has 1 aromatic carbocycles. The highest BCUT2D eigenvalue weighted by atomic mass is 32.2. The second-order valence-corrected chi connectivity index (χ2v) is 5.30. The highest BCUT2D eigenvalue weighted by molar-refractivity contribution is 7.99. The number of ether oxygens (including phenoxy) is 1. The lowest BCUT2D eigenvalue weighted by Gasteiger charge is -2.10. The van der Waals surface area contributed by atoms with E-state index >= 15 is 0 Å². The second-order valence-electron chi connectivity index (χ2n) is 3.99. The molecule has 0 bridgehead atoms. The number of rotatable bonds is 5. The van der Waals surface area contributed by atoms with Gasteiger partial charge in [-0.15, -0.1) is 11.8 Å². The maximum atomic E-state index is 11.8. The van der Waals surface area contributed by atoms with Gasteiger partial charge < -0.3 is 4.74 Å². The Hall–Kier alpha value is -2.01. The molecule has 0 aliphatic carbocycles. The van der Waals surface area contributed by atoms with E-state index in [1.54, 1.807) is 30.2 Å². The number of nitrogens with zero attached hydrogens (tertiary/aromatic N) is 1. The first kappa shape index (κ1) is 14.4. The quantitative estimate of drug-likeness (QED) is 0.847. The molecule has 1 amide bonds. The van der Waals surface area contributed by atoms with E-state index in [-0.39, 0.29) is 6.61 Å². The molecule has 4 nitrogen and oxygen atoms in total. The molecule has 0 atom stereocenters. The van der Waals surface area contributed by atoms with Crippen LogP contribution in [-0.2, 0) is 11.3 Å². The average molecular weight is 288 g/mol. The zero-order valence-electron chi connectivity index (χ0n) is 11.2. The van der Waals surface area contributed by atoms with Crippen LogP contribution in [0, 0.1) is 0 Å². The summed E-state index contributed by atoms with van der Waals surface area (Å²) in [5.41, 5.74) is 1.69. The number of aromatic nitrogens is 1. The van der Waals surface area contributed by atoms with Crippen molar-refractivity contribution in [3.8, 4) is 0 Å². The van der Waals surface area contributed by atoms with Gasteiger partial charge in [0.1, 0.15) is 6.61 Å². The van der Waals surface area contributed by atoms with Crippen LogP contribution in [0.15, 0.2) is 53.7 Å². The van der Waals surface area contributed by atoms with Crippen LogP contribution in [0.5, 0.6) is 0 Å². The van der Waals surface area contributed by atoms with Crippen molar-refractivity contribution < 1.29 is 9.53 Å². The predicted octanol–water partition coefficient (Wildman–Crippen LogP) is 3.94. The predicted molar refractivity (Wildman–Crippen MR) is 80.9 cm³/mol. The minimum Gasteiger partial charge on any atom is -0.444 e. The van der Waals surface area contributed by atoms with E-state index in [1.165, 1.54) is 0 Å². The minimum atomic E-state index is -0.460. The normalized spacial score (nSPS) is 10.1. The third kappa shape index (κ3) is 4.28. The number of thioether (sulfide) groups is 1. The Kier molecular flexibility index (Phi) is 5.43. The van der Waals surface area contributed by atoms with Gasteiger partial charge in [0.05, 0.1) is 5.69 Å². The van der Waals surface area contributed by atoms with E-state index in [1.807, 2.05) is 30.3 Å². The zero-order chi connectivity index (χ0) is 14.2. The topological polar surface area (TPSA) is 51.2 Å². The van der Waals surface area contributed by atoms with Crippen molar-refractivity contribution in [2.45, 2.75) is 18.4 Å². The SMILES string of the molecule is CCSc1cnccc1NC(=O)OCc1ccccc1. The number of hydrogen-bond acceptors (Lipinski definition) is 4. The lowest BCUT2D eigenvalue weighted by atomic mass is 10.2. The van der Waals surface area contributed by atoms with Gasteiger partial charge >= 0.3 is 6.09 Å². The molecule has 2 aromatic rings. The van der Waals surface area contributed by atoms with Gasteiger partial charge in [0.2, 0.25) is 0 Å². The Labute approximate surface area is 122 Å². The number of carbonyl (C=O) groups is 1. The number of benzene rings is 1. The van der Waals surface area contributed by atoms with E-state index in [0.717, 1.165) is 21.9 Å². The molecule has 0 aliphatic rings. The van der Waals surface area contributed by atoms with Crippen molar-refractivity contribution in [1.29, 1.82) is 0 Å². The number of carbonyl (C=O) groups excluding carboxylic acids is 1. The molecule has 2 rings (SSSR count). The number of nitrogens with one attached hydrogen (secondary N) is 1. The molecule has 0 spiro atoms. The van der Waals surface area contributed by atoms with Gasteiger partial charge in [-0.1, -0.05) is 37.3 Å². The summed E-state index contributed by atoms with van der Waals surface area (Å²) in [5, 5.41) is 2.74. The Balaban J connectivity index is 1.91. The Morgan fingerprint density at radius 3 is 2.85 bits per heavy atom. The molecule has 5 heteroatoms. The highest BCUT2D eigenvalue weighted by Crippen LogP contribution is 2.25. The molecule has 0 aliphatic heterocycles. The van der Waals surface area contributed by atoms with Crippen molar-refractivity contribution in [1.82, 2.24) is 4.98 Å². The first-order valence-electron chi connectivity index (χ1n) is 6.34. The van der Waals surface area contributed by atoms with Gasteiger partial charge in [-0.05, 0) is 17.4 Å². The summed E-state index contributed by atoms with van der Waals surface area (Å²) in [7, 11) is 0. The van der Waals surface area contributed by atoms with Crippen LogP contribution in [0.25, 0.3) is 0 Å². The summed E-state index contributed by atoms with van der Waals surface area (Å²) < 4.78 is 5.19. The van der Waals surface area contributed by atoms with Crippen LogP contribution in [0.3, 0.4) is 0 Å². The van der Waals surface area contributed by atoms with Crippen LogP contribution in [0.2, 0.25) is 0 Å². The maximum absolute atomic E-state index is 11.8. The molecule has 0 saturated heterocycles. The van der Waals surface area contributed by atoms with Crippen molar-refractivity contribution in [2.75, 3.05) is 11.1 Å². The maximum Gasteiger partial charge on any atom is 0.411 e. The van der Waals surface area contributed by atoms with Gasteiger partial charge in [-0.2, -0.15) is 0 Å². The molecule has 0 unspecified atom stereocenters. The molecule has 0 saturated carbocycles. The summed E-state index contributed by atoms with van der Waals surface area (Å²) in [6.07, 6.45) is 2.92. The molecule has 1 N–H and O–H groups in total. The van der Waals surface area contributed by atoms with Gasteiger partial charge in [0.25, 0.3) is 0 Å². The van der Waals surface area contributed by atoms with Crippen LogP contribution < -0.4 is 5.32 Å². The average Bonchev–Trinajstić information content (AvgIpc) is 2.49. The number of pyridine rings is 1. The van der Waals surface area contributed by atoms with E-state index in [4.69, 9.17) is 4.74 Å². The van der Waals surface area contributed by atoms with E-state index < -0.39 is 6.09 Å². The molecule has 1 aromatic heterocycles. The summed E-state index contributed by atoms with van der Waals surface area (Å²) in [4.78, 5) is 16.8. The lowest BCUT2D eigenvalue weighted by molar-refractivity contribution is 0.155. The molecular weight excluding hydrogens is 272 g/mol. The molecule has 0 fully saturated rings. The Bertz CT molecular complexity index is 561. The lowest BCUT2D eigenvalue weighted by Crippen LogP contribution is -2.14. The van der Waals surface area contributed by atoms with E-state index in [9.17, 15) is 4.79 Å².